The maximum Gasteiger partial charge on any atom is 0.240 e. The Morgan fingerprint density at radius 3 is 2.03 bits per heavy atom. The summed E-state index contributed by atoms with van der Waals surface area (Å²) in [4.78, 5) is 12.3. The second-order valence-electron chi connectivity index (χ2n) is 7.27. The Bertz CT molecular complexity index is 688. The summed E-state index contributed by atoms with van der Waals surface area (Å²) in [5.41, 5.74) is 1.98. The lowest BCUT2D eigenvalue weighted by molar-refractivity contribution is -0.120. The molecule has 1 aromatic rings. The molecule has 1 rings (SSSR count). The summed E-state index contributed by atoms with van der Waals surface area (Å²) in [6, 6.07) is 7.72. The number of rotatable bonds is 15. The van der Waals surface area contributed by atoms with Gasteiger partial charge in [0.25, 0.3) is 0 Å². The molecule has 1 amide bonds. The Labute approximate surface area is 175 Å². The number of ether oxygens (including phenoxy) is 3. The van der Waals surface area contributed by atoms with Crippen molar-refractivity contribution in [3.63, 3.8) is 0 Å². The van der Waals surface area contributed by atoms with Crippen LogP contribution in [-0.4, -0.2) is 59.7 Å². The second-order valence-corrected chi connectivity index (χ2v) is 9.11. The second kappa shape index (κ2) is 13.7. The minimum atomic E-state index is -3.75. The van der Waals surface area contributed by atoms with Gasteiger partial charge in [0, 0.05) is 6.61 Å². The lowest BCUT2D eigenvalue weighted by atomic mass is 9.96. The van der Waals surface area contributed by atoms with Crippen LogP contribution in [0, 0.1) is 5.92 Å². The summed E-state index contributed by atoms with van der Waals surface area (Å²) in [5, 5.41) is 0. The average Bonchev–Trinajstić information content (AvgIpc) is 2.66. The molecule has 0 bridgehead atoms. The normalized spacial score (nSPS) is 12.9. The number of amides is 1. The minimum absolute atomic E-state index is 0.00425. The molecule has 1 N–H and O–H groups in total. The molecule has 0 radical (unpaired) electrons. The summed E-state index contributed by atoms with van der Waals surface area (Å²) in [6.45, 7) is 10.2. The van der Waals surface area contributed by atoms with Crippen LogP contribution in [0.5, 0.6) is 0 Å². The van der Waals surface area contributed by atoms with Gasteiger partial charge in [0.1, 0.15) is 0 Å². The molecule has 0 fully saturated rings. The first-order chi connectivity index (χ1) is 13.7. The molecule has 29 heavy (non-hydrogen) atoms. The van der Waals surface area contributed by atoms with Gasteiger partial charge in [-0.05, 0) is 37.3 Å². The molecule has 166 valence electrons. The third-order valence-corrected chi connectivity index (χ3v) is 5.43. The highest BCUT2D eigenvalue weighted by Crippen LogP contribution is 2.18. The van der Waals surface area contributed by atoms with Crippen LogP contribution in [0.3, 0.4) is 0 Å². The van der Waals surface area contributed by atoms with Gasteiger partial charge in [0.15, 0.2) is 0 Å². The molecule has 0 aliphatic rings. The van der Waals surface area contributed by atoms with Crippen molar-refractivity contribution < 1.29 is 27.4 Å². The molecule has 0 aromatic heterocycles. The van der Waals surface area contributed by atoms with Gasteiger partial charge in [-0.25, -0.2) is 8.42 Å². The molecule has 8 heteroatoms. The molecule has 0 aliphatic carbocycles. The van der Waals surface area contributed by atoms with Crippen LogP contribution in [0.25, 0.3) is 0 Å². The highest BCUT2D eigenvalue weighted by atomic mass is 32.2. The summed E-state index contributed by atoms with van der Waals surface area (Å²) in [5.74, 6) is -0.827. The number of benzene rings is 1. The maximum atomic E-state index is 12.3. The van der Waals surface area contributed by atoms with Gasteiger partial charge in [-0.2, -0.15) is 0 Å². The van der Waals surface area contributed by atoms with E-state index in [1.54, 1.807) is 6.92 Å². The van der Waals surface area contributed by atoms with Crippen molar-refractivity contribution >= 4 is 15.9 Å². The highest BCUT2D eigenvalue weighted by Gasteiger charge is 2.21. The number of hydrogen-bond donors (Lipinski definition) is 1. The number of carbonyl (C=O) groups is 1. The standard InChI is InChI=1S/C21H35NO6S/c1-5-26-10-11-27-12-13-28-14-15-29(24,25)22-21(23)18(4)20-8-6-19(7-9-20)16-17(2)3/h6-9,17-18H,5,10-16H2,1-4H3,(H,22,23). The fourth-order valence-corrected chi connectivity index (χ4v) is 3.53. The molecular formula is C21H35NO6S. The Morgan fingerprint density at radius 2 is 1.48 bits per heavy atom. The van der Waals surface area contributed by atoms with Crippen LogP contribution in [-0.2, 0) is 35.4 Å². The van der Waals surface area contributed by atoms with Crippen molar-refractivity contribution in [2.24, 2.45) is 5.92 Å². The van der Waals surface area contributed by atoms with Crippen LogP contribution in [0.4, 0.5) is 0 Å². The van der Waals surface area contributed by atoms with E-state index in [1.807, 2.05) is 31.2 Å². The average molecular weight is 430 g/mol. The molecule has 0 aliphatic heterocycles. The first-order valence-corrected chi connectivity index (χ1v) is 11.8. The largest absolute Gasteiger partial charge is 0.379 e. The predicted octanol–water partition coefficient (Wildman–Crippen LogP) is 2.50. The molecule has 1 unspecified atom stereocenters. The van der Waals surface area contributed by atoms with Crippen molar-refractivity contribution in [2.75, 3.05) is 45.4 Å². The summed E-state index contributed by atoms with van der Waals surface area (Å²) < 4.78 is 42.0. The summed E-state index contributed by atoms with van der Waals surface area (Å²) >= 11 is 0. The van der Waals surface area contributed by atoms with Gasteiger partial charge in [-0.3, -0.25) is 9.52 Å². The van der Waals surface area contributed by atoms with Crippen LogP contribution in [0.1, 0.15) is 44.7 Å². The molecule has 0 heterocycles. The van der Waals surface area contributed by atoms with Gasteiger partial charge in [-0.15, -0.1) is 0 Å². The van der Waals surface area contributed by atoms with Crippen molar-refractivity contribution in [1.29, 1.82) is 0 Å². The zero-order valence-corrected chi connectivity index (χ0v) is 18.8. The van der Waals surface area contributed by atoms with E-state index in [1.165, 1.54) is 5.56 Å². The number of nitrogens with one attached hydrogen (secondary N) is 1. The van der Waals surface area contributed by atoms with Crippen molar-refractivity contribution in [3.05, 3.63) is 35.4 Å². The number of carbonyl (C=O) groups excluding carboxylic acids is 1. The zero-order valence-electron chi connectivity index (χ0n) is 18.0. The number of sulfonamides is 1. The third-order valence-electron chi connectivity index (χ3n) is 4.22. The van der Waals surface area contributed by atoms with Gasteiger partial charge in [0.05, 0.1) is 44.7 Å². The van der Waals surface area contributed by atoms with E-state index in [4.69, 9.17) is 14.2 Å². The summed E-state index contributed by atoms with van der Waals surface area (Å²) in [6.07, 6.45) is 0.965. The Balaban J connectivity index is 2.34. The van der Waals surface area contributed by atoms with Crippen LogP contribution in [0.15, 0.2) is 24.3 Å². The Hall–Kier alpha value is -1.48. The van der Waals surface area contributed by atoms with E-state index >= 15 is 0 Å². The third kappa shape index (κ3) is 11.3. The highest BCUT2D eigenvalue weighted by molar-refractivity contribution is 7.90. The van der Waals surface area contributed by atoms with Gasteiger partial charge < -0.3 is 14.2 Å². The topological polar surface area (TPSA) is 90.9 Å². The van der Waals surface area contributed by atoms with E-state index < -0.39 is 21.8 Å². The molecule has 7 nitrogen and oxygen atoms in total. The van der Waals surface area contributed by atoms with Crippen LogP contribution < -0.4 is 4.72 Å². The molecule has 1 aromatic carbocycles. The lowest BCUT2D eigenvalue weighted by Crippen LogP contribution is -2.36. The zero-order chi connectivity index (χ0) is 21.7. The molecular weight excluding hydrogens is 394 g/mol. The molecule has 0 saturated carbocycles. The van der Waals surface area contributed by atoms with E-state index in [0.29, 0.717) is 32.3 Å². The maximum absolute atomic E-state index is 12.3. The van der Waals surface area contributed by atoms with E-state index in [9.17, 15) is 13.2 Å². The monoisotopic (exact) mass is 429 g/mol. The van der Waals surface area contributed by atoms with Gasteiger partial charge in [0.2, 0.25) is 15.9 Å². The lowest BCUT2D eigenvalue weighted by Gasteiger charge is -2.14. The first-order valence-electron chi connectivity index (χ1n) is 10.1. The van der Waals surface area contributed by atoms with Crippen molar-refractivity contribution in [2.45, 2.75) is 40.0 Å². The van der Waals surface area contributed by atoms with Crippen LogP contribution in [0.2, 0.25) is 0 Å². The molecule has 0 saturated heterocycles. The predicted molar refractivity (Wildman–Crippen MR) is 113 cm³/mol. The van der Waals surface area contributed by atoms with Gasteiger partial charge >= 0.3 is 0 Å². The Morgan fingerprint density at radius 1 is 0.931 bits per heavy atom. The first kappa shape index (κ1) is 25.6. The van der Waals surface area contributed by atoms with Crippen molar-refractivity contribution in [1.82, 2.24) is 4.72 Å². The fraction of sp³-hybridized carbons (Fsp3) is 0.667. The van der Waals surface area contributed by atoms with E-state index in [2.05, 4.69) is 18.6 Å². The SMILES string of the molecule is CCOCCOCCOCCS(=O)(=O)NC(=O)C(C)c1ccc(CC(C)C)cc1. The quantitative estimate of drug-likeness (QED) is 0.431. The van der Waals surface area contributed by atoms with E-state index in [-0.39, 0.29) is 19.0 Å². The summed E-state index contributed by atoms with van der Waals surface area (Å²) in [7, 11) is -3.75. The minimum Gasteiger partial charge on any atom is -0.379 e. The van der Waals surface area contributed by atoms with Crippen molar-refractivity contribution in [3.8, 4) is 0 Å². The molecule has 0 spiro atoms. The smallest absolute Gasteiger partial charge is 0.240 e. The fourth-order valence-electron chi connectivity index (χ4n) is 2.61. The molecule has 1 atom stereocenters. The van der Waals surface area contributed by atoms with Gasteiger partial charge in [-0.1, -0.05) is 38.1 Å². The Kier molecular flexibility index (Phi) is 12.1. The van der Waals surface area contributed by atoms with E-state index in [0.717, 1.165) is 12.0 Å². The van der Waals surface area contributed by atoms with Crippen LogP contribution >= 0.6 is 0 Å². The number of hydrogen-bond acceptors (Lipinski definition) is 6.